The molecule has 0 unspecified atom stereocenters. The Morgan fingerprint density at radius 3 is 3.12 bits per heavy atom. The van der Waals surface area contributed by atoms with Crippen LogP contribution in [0.3, 0.4) is 0 Å². The van der Waals surface area contributed by atoms with E-state index in [1.54, 1.807) is 16.7 Å². The van der Waals surface area contributed by atoms with Gasteiger partial charge < -0.3 is 14.8 Å². The molecule has 88 valence electrons. The standard InChI is InChI=1S/C10H10N4O3/c15-3-6-1-2-7(17-6)14-5-13-9-8(14)10(16)12-4-11-9/h1-2,4-7,15H,3H2,(H,11,12,16)/t6-,7+/m0/s1. The van der Waals surface area contributed by atoms with E-state index >= 15 is 0 Å². The highest BCUT2D eigenvalue weighted by atomic mass is 16.5. The van der Waals surface area contributed by atoms with Gasteiger partial charge in [-0.2, -0.15) is 0 Å². The van der Waals surface area contributed by atoms with Gasteiger partial charge in [0.15, 0.2) is 17.4 Å². The Kier molecular flexibility index (Phi) is 2.27. The molecule has 2 N–H and O–H groups in total. The summed E-state index contributed by atoms with van der Waals surface area (Å²) >= 11 is 0. The first-order valence-corrected chi connectivity index (χ1v) is 5.14. The summed E-state index contributed by atoms with van der Waals surface area (Å²) in [5.41, 5.74) is 0.468. The van der Waals surface area contributed by atoms with E-state index in [2.05, 4.69) is 15.0 Å². The Balaban J connectivity index is 2.08. The lowest BCUT2D eigenvalue weighted by Gasteiger charge is -2.13. The molecule has 17 heavy (non-hydrogen) atoms. The number of rotatable bonds is 2. The van der Waals surface area contributed by atoms with Crippen molar-refractivity contribution in [3.8, 4) is 0 Å². The molecule has 0 radical (unpaired) electrons. The highest BCUT2D eigenvalue weighted by Gasteiger charge is 2.22. The van der Waals surface area contributed by atoms with E-state index in [1.165, 1.54) is 12.7 Å². The zero-order valence-electron chi connectivity index (χ0n) is 8.78. The van der Waals surface area contributed by atoms with Crippen LogP contribution in [0.5, 0.6) is 0 Å². The van der Waals surface area contributed by atoms with Gasteiger partial charge in [0.25, 0.3) is 5.56 Å². The second-order valence-electron chi connectivity index (χ2n) is 3.69. The molecule has 7 nitrogen and oxygen atoms in total. The van der Waals surface area contributed by atoms with Gasteiger partial charge in [-0.05, 0) is 6.08 Å². The van der Waals surface area contributed by atoms with Crippen LogP contribution in [-0.2, 0) is 4.74 Å². The fourth-order valence-electron chi connectivity index (χ4n) is 1.83. The zero-order valence-corrected chi connectivity index (χ0v) is 8.78. The Bertz CT molecular complexity index is 630. The molecule has 3 rings (SSSR count). The molecule has 2 aromatic heterocycles. The number of hydrogen-bond donors (Lipinski definition) is 2. The first-order valence-electron chi connectivity index (χ1n) is 5.14. The van der Waals surface area contributed by atoms with Crippen molar-refractivity contribution in [2.45, 2.75) is 12.3 Å². The molecule has 0 spiro atoms. The van der Waals surface area contributed by atoms with Crippen LogP contribution in [0.15, 0.2) is 29.6 Å². The van der Waals surface area contributed by atoms with Gasteiger partial charge in [0.1, 0.15) is 12.4 Å². The first kappa shape index (κ1) is 10.2. The van der Waals surface area contributed by atoms with Crippen LogP contribution < -0.4 is 5.56 Å². The number of aliphatic hydroxyl groups excluding tert-OH is 1. The van der Waals surface area contributed by atoms with Crippen molar-refractivity contribution < 1.29 is 9.84 Å². The van der Waals surface area contributed by atoms with E-state index in [-0.39, 0.29) is 18.3 Å². The summed E-state index contributed by atoms with van der Waals surface area (Å²) in [6, 6.07) is 0. The van der Waals surface area contributed by atoms with Crippen molar-refractivity contribution in [3.63, 3.8) is 0 Å². The molecule has 0 saturated heterocycles. The van der Waals surface area contributed by atoms with Gasteiger partial charge in [0, 0.05) is 0 Å². The summed E-state index contributed by atoms with van der Waals surface area (Å²) < 4.78 is 7.09. The summed E-state index contributed by atoms with van der Waals surface area (Å²) in [6.07, 6.45) is 5.57. The van der Waals surface area contributed by atoms with Gasteiger partial charge in [0.2, 0.25) is 0 Å². The molecule has 2 atom stereocenters. The van der Waals surface area contributed by atoms with E-state index in [1.807, 2.05) is 0 Å². The van der Waals surface area contributed by atoms with Crippen LogP contribution in [-0.4, -0.2) is 37.3 Å². The van der Waals surface area contributed by atoms with Crippen LogP contribution >= 0.6 is 0 Å². The maximum absolute atomic E-state index is 11.7. The van der Waals surface area contributed by atoms with E-state index in [9.17, 15) is 4.79 Å². The van der Waals surface area contributed by atoms with Gasteiger partial charge in [0.05, 0.1) is 12.9 Å². The van der Waals surface area contributed by atoms with Crippen molar-refractivity contribution >= 4 is 11.2 Å². The molecule has 7 heteroatoms. The van der Waals surface area contributed by atoms with E-state index in [0.717, 1.165) is 0 Å². The fourth-order valence-corrected chi connectivity index (χ4v) is 1.83. The summed E-state index contributed by atoms with van der Waals surface area (Å²) in [5.74, 6) is 0. The minimum absolute atomic E-state index is 0.0891. The van der Waals surface area contributed by atoms with Crippen LogP contribution in [0.4, 0.5) is 0 Å². The monoisotopic (exact) mass is 234 g/mol. The summed E-state index contributed by atoms with van der Waals surface area (Å²) in [4.78, 5) is 22.2. The minimum Gasteiger partial charge on any atom is -0.393 e. The highest BCUT2D eigenvalue weighted by Crippen LogP contribution is 2.22. The molecular weight excluding hydrogens is 224 g/mol. The predicted molar refractivity (Wildman–Crippen MR) is 58.3 cm³/mol. The molecule has 0 amide bonds. The number of ether oxygens (including phenoxy) is 1. The van der Waals surface area contributed by atoms with Crippen LogP contribution in [0.25, 0.3) is 11.2 Å². The van der Waals surface area contributed by atoms with Crippen LogP contribution in [0.1, 0.15) is 6.23 Å². The Morgan fingerprint density at radius 2 is 2.35 bits per heavy atom. The third-order valence-corrected chi connectivity index (χ3v) is 2.63. The van der Waals surface area contributed by atoms with E-state index in [4.69, 9.17) is 9.84 Å². The highest BCUT2D eigenvalue weighted by molar-refractivity contribution is 5.69. The predicted octanol–water partition coefficient (Wildman–Crippen LogP) is -0.434. The number of aromatic nitrogens is 4. The second kappa shape index (κ2) is 3.79. The van der Waals surface area contributed by atoms with E-state index in [0.29, 0.717) is 11.2 Å². The maximum Gasteiger partial charge on any atom is 0.277 e. The lowest BCUT2D eigenvalue weighted by Crippen LogP contribution is -2.18. The number of aliphatic hydroxyl groups is 1. The third-order valence-electron chi connectivity index (χ3n) is 2.63. The molecule has 0 bridgehead atoms. The molecule has 0 fully saturated rings. The Hall–Kier alpha value is -1.99. The van der Waals surface area contributed by atoms with Crippen LogP contribution in [0.2, 0.25) is 0 Å². The number of nitrogens with zero attached hydrogens (tertiary/aromatic N) is 3. The molecule has 0 aliphatic carbocycles. The molecule has 2 aromatic rings. The summed E-state index contributed by atoms with van der Waals surface area (Å²) in [6.45, 7) is -0.0891. The maximum atomic E-state index is 11.7. The van der Waals surface area contributed by atoms with E-state index < -0.39 is 6.23 Å². The number of nitrogens with one attached hydrogen (secondary N) is 1. The normalized spacial score (nSPS) is 23.6. The summed E-state index contributed by atoms with van der Waals surface area (Å²) in [5, 5.41) is 8.97. The topological polar surface area (TPSA) is 93.0 Å². The van der Waals surface area contributed by atoms with Crippen molar-refractivity contribution in [2.75, 3.05) is 6.61 Å². The van der Waals surface area contributed by atoms with Crippen molar-refractivity contribution in [1.29, 1.82) is 0 Å². The number of imidazole rings is 1. The van der Waals surface area contributed by atoms with Gasteiger partial charge in [-0.3, -0.25) is 9.36 Å². The van der Waals surface area contributed by atoms with Crippen molar-refractivity contribution in [3.05, 3.63) is 35.2 Å². The average molecular weight is 234 g/mol. The number of hydrogen-bond acceptors (Lipinski definition) is 5. The minimum atomic E-state index is -0.428. The molecule has 0 aromatic carbocycles. The van der Waals surface area contributed by atoms with Gasteiger partial charge in [-0.15, -0.1) is 0 Å². The summed E-state index contributed by atoms with van der Waals surface area (Å²) in [7, 11) is 0. The molecule has 1 aliphatic rings. The quantitative estimate of drug-likeness (QED) is 0.687. The largest absolute Gasteiger partial charge is 0.393 e. The number of aromatic amines is 1. The smallest absolute Gasteiger partial charge is 0.277 e. The van der Waals surface area contributed by atoms with Gasteiger partial charge >= 0.3 is 0 Å². The number of H-pyrrole nitrogens is 1. The number of fused-ring (bicyclic) bond motifs is 1. The third kappa shape index (κ3) is 1.56. The molecule has 0 saturated carbocycles. The fraction of sp³-hybridized carbons (Fsp3) is 0.300. The molecule has 3 heterocycles. The van der Waals surface area contributed by atoms with Crippen molar-refractivity contribution in [1.82, 2.24) is 19.5 Å². The molecule has 1 aliphatic heterocycles. The zero-order chi connectivity index (χ0) is 11.8. The van der Waals surface area contributed by atoms with Gasteiger partial charge in [-0.25, -0.2) is 9.97 Å². The van der Waals surface area contributed by atoms with Gasteiger partial charge in [-0.1, -0.05) is 6.08 Å². The Morgan fingerprint density at radius 1 is 1.47 bits per heavy atom. The lowest BCUT2D eigenvalue weighted by atomic mass is 10.4. The SMILES string of the molecule is O=c1[nH]cnc2ncn([C@H]3C=C[C@@H](CO)O3)c12. The molecular formula is C10H10N4O3. The Labute approximate surface area is 95.4 Å². The lowest BCUT2D eigenvalue weighted by molar-refractivity contribution is -0.00623. The first-order chi connectivity index (χ1) is 8.29. The van der Waals surface area contributed by atoms with Crippen LogP contribution in [0, 0.1) is 0 Å². The average Bonchev–Trinajstić information content (AvgIpc) is 2.94. The second-order valence-corrected chi connectivity index (χ2v) is 3.69. The van der Waals surface area contributed by atoms with Crippen molar-refractivity contribution in [2.24, 2.45) is 0 Å².